The van der Waals surface area contributed by atoms with E-state index in [9.17, 15) is 0 Å². The van der Waals surface area contributed by atoms with Crippen molar-refractivity contribution in [3.8, 4) is 10.4 Å². The molecule has 0 atom stereocenters. The SMILES string of the molecule is [Y].[c-]1sccc1-c1[c-]ccs1. The maximum absolute atomic E-state index is 3.16. The maximum atomic E-state index is 3.16. The van der Waals surface area contributed by atoms with Gasteiger partial charge in [0, 0.05) is 32.7 Å². The van der Waals surface area contributed by atoms with Crippen LogP contribution in [0, 0.1) is 11.4 Å². The van der Waals surface area contributed by atoms with Crippen LogP contribution < -0.4 is 0 Å². The van der Waals surface area contributed by atoms with E-state index in [0.717, 1.165) is 0 Å². The second-order valence-electron chi connectivity index (χ2n) is 1.83. The fraction of sp³-hybridized carbons (Fsp3) is 0. The van der Waals surface area contributed by atoms with Crippen LogP contribution in [0.1, 0.15) is 0 Å². The molecule has 0 aromatic carbocycles. The van der Waals surface area contributed by atoms with E-state index in [2.05, 4.69) is 17.5 Å². The van der Waals surface area contributed by atoms with Gasteiger partial charge < -0.3 is 0 Å². The van der Waals surface area contributed by atoms with Crippen molar-refractivity contribution in [3.63, 3.8) is 0 Å². The third-order valence-electron chi connectivity index (χ3n) is 1.18. The molecule has 3 heteroatoms. The molecule has 0 spiro atoms. The molecule has 0 nitrogen and oxygen atoms in total. The van der Waals surface area contributed by atoms with Gasteiger partial charge in [0.05, 0.1) is 0 Å². The molecule has 11 heavy (non-hydrogen) atoms. The fourth-order valence-corrected chi connectivity index (χ4v) is 2.03. The normalized spacial score (nSPS) is 9.09. The number of rotatable bonds is 1. The Balaban J connectivity index is 0.000000605. The summed E-state index contributed by atoms with van der Waals surface area (Å²) in [5.41, 5.74) is 1.17. The molecular formula is C8H4S2Y-2. The molecule has 0 amide bonds. The second-order valence-corrected chi connectivity index (χ2v) is 3.46. The molecule has 2 aromatic heterocycles. The van der Waals surface area contributed by atoms with Crippen molar-refractivity contribution in [2.75, 3.05) is 0 Å². The first-order valence-corrected chi connectivity index (χ1v) is 4.63. The van der Waals surface area contributed by atoms with Crippen molar-refractivity contribution < 1.29 is 32.7 Å². The van der Waals surface area contributed by atoms with E-state index in [1.165, 1.54) is 10.4 Å². The van der Waals surface area contributed by atoms with Gasteiger partial charge in [0.15, 0.2) is 0 Å². The van der Waals surface area contributed by atoms with E-state index >= 15 is 0 Å². The van der Waals surface area contributed by atoms with Crippen LogP contribution in [0.2, 0.25) is 0 Å². The first-order chi connectivity index (χ1) is 4.97. The van der Waals surface area contributed by atoms with Gasteiger partial charge >= 0.3 is 0 Å². The van der Waals surface area contributed by atoms with Gasteiger partial charge in [-0.25, -0.2) is 17.7 Å². The Morgan fingerprint density at radius 2 is 2.18 bits per heavy atom. The van der Waals surface area contributed by atoms with E-state index in [-0.39, 0.29) is 32.7 Å². The summed E-state index contributed by atoms with van der Waals surface area (Å²) in [4.78, 5) is 1.18. The van der Waals surface area contributed by atoms with E-state index in [1.54, 1.807) is 22.7 Å². The van der Waals surface area contributed by atoms with Crippen molar-refractivity contribution >= 4 is 22.7 Å². The molecule has 0 saturated heterocycles. The monoisotopic (exact) mass is 253 g/mol. The molecule has 0 aliphatic heterocycles. The second kappa shape index (κ2) is 4.51. The summed E-state index contributed by atoms with van der Waals surface area (Å²) >= 11 is 3.30. The molecule has 0 N–H and O–H groups in total. The van der Waals surface area contributed by atoms with Crippen molar-refractivity contribution in [3.05, 3.63) is 34.3 Å². The van der Waals surface area contributed by atoms with Crippen molar-refractivity contribution in [2.45, 2.75) is 0 Å². The van der Waals surface area contributed by atoms with E-state index in [1.807, 2.05) is 16.8 Å². The first-order valence-electron chi connectivity index (χ1n) is 2.87. The average molecular weight is 253 g/mol. The molecular weight excluding hydrogens is 249 g/mol. The van der Waals surface area contributed by atoms with Crippen LogP contribution in [-0.4, -0.2) is 0 Å². The Labute approximate surface area is 99.2 Å². The largest absolute Gasteiger partial charge is 0.290 e. The number of thiophene rings is 2. The van der Waals surface area contributed by atoms with Crippen molar-refractivity contribution in [1.29, 1.82) is 0 Å². The third kappa shape index (κ3) is 2.22. The minimum atomic E-state index is 0. The summed E-state index contributed by atoms with van der Waals surface area (Å²) in [6.07, 6.45) is 0. The third-order valence-corrected chi connectivity index (χ3v) is 2.64. The quantitative estimate of drug-likeness (QED) is 0.685. The van der Waals surface area contributed by atoms with Crippen LogP contribution in [0.3, 0.4) is 0 Å². The zero-order chi connectivity index (χ0) is 6.81. The molecule has 0 bridgehead atoms. The van der Waals surface area contributed by atoms with Gasteiger partial charge in [0.2, 0.25) is 0 Å². The van der Waals surface area contributed by atoms with Crippen LogP contribution in [0.25, 0.3) is 10.4 Å². The molecule has 0 aliphatic carbocycles. The van der Waals surface area contributed by atoms with Crippen LogP contribution in [-0.2, 0) is 32.7 Å². The van der Waals surface area contributed by atoms with Gasteiger partial charge in [-0.2, -0.15) is 10.9 Å². The number of hydrogen-bond donors (Lipinski definition) is 0. The van der Waals surface area contributed by atoms with Crippen LogP contribution in [0.4, 0.5) is 0 Å². The number of hydrogen-bond acceptors (Lipinski definition) is 2. The summed E-state index contributed by atoms with van der Waals surface area (Å²) in [7, 11) is 0. The Morgan fingerprint density at radius 3 is 2.73 bits per heavy atom. The fourth-order valence-electron chi connectivity index (χ4n) is 0.743. The Kier molecular flexibility index (Phi) is 3.93. The maximum Gasteiger partial charge on any atom is 0 e. The van der Waals surface area contributed by atoms with E-state index in [0.29, 0.717) is 0 Å². The molecule has 0 saturated carbocycles. The predicted molar refractivity (Wildman–Crippen MR) is 45.3 cm³/mol. The van der Waals surface area contributed by atoms with Gasteiger partial charge in [-0.15, -0.1) is 16.1 Å². The smallest absolute Gasteiger partial charge is 0 e. The standard InChI is InChI=1S/C8H4S2.Y/c1-2-8(10-4-1)7-3-5-9-6-7;/h1,3-5H;/q-2;. The molecule has 0 fully saturated rings. The van der Waals surface area contributed by atoms with Gasteiger partial charge in [-0.3, -0.25) is 22.7 Å². The predicted octanol–water partition coefficient (Wildman–Crippen LogP) is 3.07. The summed E-state index contributed by atoms with van der Waals surface area (Å²) in [6.45, 7) is 0. The zero-order valence-electron chi connectivity index (χ0n) is 5.70. The van der Waals surface area contributed by atoms with E-state index < -0.39 is 0 Å². The molecule has 53 valence electrons. The van der Waals surface area contributed by atoms with Gasteiger partial charge in [0.1, 0.15) is 0 Å². The minimum absolute atomic E-state index is 0. The van der Waals surface area contributed by atoms with Gasteiger partial charge in [-0.1, -0.05) is 0 Å². The minimum Gasteiger partial charge on any atom is -0.290 e. The van der Waals surface area contributed by atoms with Crippen LogP contribution in [0.15, 0.2) is 22.9 Å². The molecule has 2 heterocycles. The van der Waals surface area contributed by atoms with Crippen molar-refractivity contribution in [1.82, 2.24) is 0 Å². The van der Waals surface area contributed by atoms with Crippen molar-refractivity contribution in [2.24, 2.45) is 0 Å². The molecule has 2 rings (SSSR count). The molecule has 0 aliphatic rings. The summed E-state index contributed by atoms with van der Waals surface area (Å²) in [6, 6.07) is 7.13. The molecule has 2 aromatic rings. The van der Waals surface area contributed by atoms with Gasteiger partial charge in [-0.05, 0) is 0 Å². The van der Waals surface area contributed by atoms with Crippen LogP contribution in [0.5, 0.6) is 0 Å². The zero-order valence-corrected chi connectivity index (χ0v) is 10.2. The van der Waals surface area contributed by atoms with Crippen LogP contribution >= 0.6 is 22.7 Å². The first kappa shape index (κ1) is 9.59. The molecule has 0 unspecified atom stereocenters. The Hall–Kier alpha value is 0.504. The topological polar surface area (TPSA) is 0 Å². The van der Waals surface area contributed by atoms with E-state index in [4.69, 9.17) is 0 Å². The summed E-state index contributed by atoms with van der Waals surface area (Å²) in [5.74, 6) is 0. The van der Waals surface area contributed by atoms with Gasteiger partial charge in [0.25, 0.3) is 0 Å². The summed E-state index contributed by atoms with van der Waals surface area (Å²) < 4.78 is 0. The Morgan fingerprint density at radius 1 is 1.27 bits per heavy atom. The molecule has 1 radical (unpaired) electrons. The summed E-state index contributed by atoms with van der Waals surface area (Å²) in [5, 5.41) is 7.22. The Bertz CT molecular complexity index is 252. The average Bonchev–Trinajstić information content (AvgIpc) is 2.59.